The zero-order valence-corrected chi connectivity index (χ0v) is 16.3. The number of rotatable bonds is 8. The highest BCUT2D eigenvalue weighted by Crippen LogP contribution is 2.17. The molecule has 1 aliphatic heterocycles. The van der Waals surface area contributed by atoms with Crippen LogP contribution in [0.15, 0.2) is 9.59 Å². The first-order valence-electron chi connectivity index (χ1n) is 9.51. The van der Waals surface area contributed by atoms with E-state index in [-0.39, 0.29) is 22.6 Å². The third kappa shape index (κ3) is 3.74. The van der Waals surface area contributed by atoms with Crippen LogP contribution in [-0.2, 0) is 24.9 Å². The summed E-state index contributed by atoms with van der Waals surface area (Å²) in [6.45, 7) is 3.86. The molecule has 1 atom stereocenters. The lowest BCUT2D eigenvalue weighted by molar-refractivity contribution is 0.101. The number of halogens is 1. The summed E-state index contributed by atoms with van der Waals surface area (Å²) in [4.78, 5) is 30.1. The maximum atomic E-state index is 12.9. The van der Waals surface area contributed by atoms with Crippen LogP contribution in [0.1, 0.15) is 51.9 Å². The lowest BCUT2D eigenvalue weighted by atomic mass is 10.1. The number of aryl methyl sites for hydroxylation is 2. The van der Waals surface area contributed by atoms with Gasteiger partial charge in [0.25, 0.3) is 5.56 Å². The number of hydrogen-bond donors (Lipinski definition) is 0. The summed E-state index contributed by atoms with van der Waals surface area (Å²) in [6, 6.07) is 0. The predicted molar refractivity (Wildman–Crippen MR) is 102 cm³/mol. The van der Waals surface area contributed by atoms with Gasteiger partial charge in [0.1, 0.15) is 0 Å². The van der Waals surface area contributed by atoms with Gasteiger partial charge in [0.15, 0.2) is 11.2 Å². The Kier molecular flexibility index (Phi) is 6.19. The van der Waals surface area contributed by atoms with Crippen molar-refractivity contribution in [2.24, 2.45) is 7.05 Å². The van der Waals surface area contributed by atoms with Gasteiger partial charge in [0, 0.05) is 26.7 Å². The van der Waals surface area contributed by atoms with Crippen molar-refractivity contribution in [3.63, 3.8) is 0 Å². The fourth-order valence-electron chi connectivity index (χ4n) is 3.60. The summed E-state index contributed by atoms with van der Waals surface area (Å²) in [5.74, 6) is 0. The van der Waals surface area contributed by atoms with Crippen LogP contribution in [0.2, 0.25) is 5.28 Å². The van der Waals surface area contributed by atoms with Crippen LogP contribution in [0.25, 0.3) is 11.2 Å². The smallest absolute Gasteiger partial charge is 0.332 e. The quantitative estimate of drug-likeness (QED) is 0.520. The van der Waals surface area contributed by atoms with E-state index in [0.717, 1.165) is 51.6 Å². The van der Waals surface area contributed by atoms with E-state index >= 15 is 0 Å². The van der Waals surface area contributed by atoms with Gasteiger partial charge in [-0.25, -0.2) is 4.79 Å². The Balaban J connectivity index is 1.94. The first kappa shape index (κ1) is 19.2. The van der Waals surface area contributed by atoms with E-state index in [4.69, 9.17) is 16.3 Å². The van der Waals surface area contributed by atoms with Crippen LogP contribution in [-0.4, -0.2) is 31.4 Å². The number of hydrogen-bond acceptors (Lipinski definition) is 4. The number of aromatic nitrogens is 4. The SMILES string of the molecule is CCCCCn1c(=O)n(CCCC2CCCO2)c(=O)c2c1nc(Cl)n2C. The zero-order valence-electron chi connectivity index (χ0n) is 15.5. The summed E-state index contributed by atoms with van der Waals surface area (Å²) in [5, 5.41) is 0.220. The van der Waals surface area contributed by atoms with Crippen LogP contribution in [0.4, 0.5) is 0 Å². The fourth-order valence-corrected chi connectivity index (χ4v) is 3.77. The maximum absolute atomic E-state index is 12.9. The average molecular weight is 383 g/mol. The number of ether oxygens (including phenoxy) is 1. The number of fused-ring (bicyclic) bond motifs is 1. The molecule has 0 saturated carbocycles. The highest BCUT2D eigenvalue weighted by Gasteiger charge is 2.20. The molecule has 0 radical (unpaired) electrons. The van der Waals surface area contributed by atoms with Crippen molar-refractivity contribution >= 4 is 22.8 Å². The Labute approximate surface area is 157 Å². The molecular weight excluding hydrogens is 356 g/mol. The molecule has 144 valence electrons. The van der Waals surface area contributed by atoms with Gasteiger partial charge in [-0.05, 0) is 43.7 Å². The minimum atomic E-state index is -0.314. The van der Waals surface area contributed by atoms with Gasteiger partial charge >= 0.3 is 5.69 Å². The molecule has 2 aromatic rings. The highest BCUT2D eigenvalue weighted by molar-refractivity contribution is 6.29. The van der Waals surface area contributed by atoms with Gasteiger partial charge < -0.3 is 9.30 Å². The molecule has 3 rings (SSSR count). The fraction of sp³-hybridized carbons (Fsp3) is 0.722. The monoisotopic (exact) mass is 382 g/mol. The summed E-state index contributed by atoms with van der Waals surface area (Å²) in [6.07, 6.45) is 6.97. The molecule has 0 aliphatic carbocycles. The molecule has 1 aliphatic rings. The van der Waals surface area contributed by atoms with Crippen molar-refractivity contribution in [2.75, 3.05) is 6.61 Å². The lowest BCUT2D eigenvalue weighted by Gasteiger charge is -2.13. The normalized spacial score (nSPS) is 17.4. The molecule has 3 heterocycles. The molecule has 0 aromatic carbocycles. The van der Waals surface area contributed by atoms with E-state index in [1.165, 1.54) is 4.57 Å². The van der Waals surface area contributed by atoms with Gasteiger partial charge in [-0.15, -0.1) is 0 Å². The molecule has 1 unspecified atom stereocenters. The summed E-state index contributed by atoms with van der Waals surface area (Å²) in [7, 11) is 1.70. The van der Waals surface area contributed by atoms with Crippen LogP contribution in [0, 0.1) is 0 Å². The standard InChI is InChI=1S/C18H27ClN4O3/c1-3-4-5-10-22-15-14(21(2)17(19)20-15)16(24)23(18(22)25)11-6-8-13-9-7-12-26-13/h13H,3-12H2,1-2H3. The maximum Gasteiger partial charge on any atom is 0.332 e. The Bertz CT molecular complexity index is 877. The van der Waals surface area contributed by atoms with Crippen LogP contribution in [0.3, 0.4) is 0 Å². The molecular formula is C18H27ClN4O3. The summed E-state index contributed by atoms with van der Waals surface area (Å²) >= 11 is 6.12. The van der Waals surface area contributed by atoms with Crippen LogP contribution in [0.5, 0.6) is 0 Å². The van der Waals surface area contributed by atoms with E-state index in [9.17, 15) is 9.59 Å². The third-order valence-corrected chi connectivity index (χ3v) is 5.44. The summed E-state index contributed by atoms with van der Waals surface area (Å²) < 4.78 is 10.1. The minimum absolute atomic E-state index is 0.220. The van der Waals surface area contributed by atoms with Gasteiger partial charge in [-0.1, -0.05) is 19.8 Å². The molecule has 7 nitrogen and oxygen atoms in total. The Morgan fingerprint density at radius 1 is 1.19 bits per heavy atom. The van der Waals surface area contributed by atoms with Crippen LogP contribution < -0.4 is 11.2 Å². The first-order valence-corrected chi connectivity index (χ1v) is 9.89. The molecule has 1 saturated heterocycles. The zero-order chi connectivity index (χ0) is 18.7. The van der Waals surface area contributed by atoms with Gasteiger partial charge in [0.2, 0.25) is 5.28 Å². The highest BCUT2D eigenvalue weighted by atomic mass is 35.5. The second-order valence-electron chi connectivity index (χ2n) is 6.99. The lowest BCUT2D eigenvalue weighted by Crippen LogP contribution is -2.40. The topological polar surface area (TPSA) is 71.1 Å². The van der Waals surface area contributed by atoms with Crippen molar-refractivity contribution in [1.29, 1.82) is 0 Å². The Morgan fingerprint density at radius 3 is 2.65 bits per heavy atom. The number of imidazole rings is 1. The molecule has 0 amide bonds. The van der Waals surface area contributed by atoms with Crippen molar-refractivity contribution < 1.29 is 4.74 Å². The van der Waals surface area contributed by atoms with E-state index in [2.05, 4.69) is 11.9 Å². The summed E-state index contributed by atoms with van der Waals surface area (Å²) in [5.41, 5.74) is 0.175. The first-order chi connectivity index (χ1) is 12.5. The van der Waals surface area contributed by atoms with E-state index in [0.29, 0.717) is 24.3 Å². The third-order valence-electron chi connectivity index (χ3n) is 5.10. The number of nitrogens with zero attached hydrogens (tertiary/aromatic N) is 4. The molecule has 8 heteroatoms. The van der Waals surface area contributed by atoms with Gasteiger partial charge in [-0.3, -0.25) is 13.9 Å². The average Bonchev–Trinajstić information content (AvgIpc) is 3.23. The van der Waals surface area contributed by atoms with Crippen molar-refractivity contribution in [2.45, 2.75) is 71.1 Å². The van der Waals surface area contributed by atoms with Crippen LogP contribution >= 0.6 is 11.6 Å². The van der Waals surface area contributed by atoms with Gasteiger partial charge in [0.05, 0.1) is 6.10 Å². The molecule has 0 bridgehead atoms. The molecule has 2 aromatic heterocycles. The number of unbranched alkanes of at least 4 members (excludes halogenated alkanes) is 2. The minimum Gasteiger partial charge on any atom is -0.378 e. The van der Waals surface area contributed by atoms with Crippen molar-refractivity contribution in [3.8, 4) is 0 Å². The molecule has 26 heavy (non-hydrogen) atoms. The van der Waals surface area contributed by atoms with Crippen molar-refractivity contribution in [3.05, 3.63) is 26.1 Å². The second kappa shape index (κ2) is 8.39. The molecule has 0 N–H and O–H groups in total. The Morgan fingerprint density at radius 2 is 1.96 bits per heavy atom. The molecule has 0 spiro atoms. The van der Waals surface area contributed by atoms with Crippen molar-refractivity contribution in [1.82, 2.24) is 18.7 Å². The van der Waals surface area contributed by atoms with Gasteiger partial charge in [-0.2, -0.15) is 4.98 Å². The Hall–Kier alpha value is -1.60. The van der Waals surface area contributed by atoms with E-state index < -0.39 is 0 Å². The second-order valence-corrected chi connectivity index (χ2v) is 7.33. The molecule has 1 fully saturated rings. The largest absolute Gasteiger partial charge is 0.378 e. The van der Waals surface area contributed by atoms with E-state index in [1.54, 1.807) is 16.2 Å². The predicted octanol–water partition coefficient (Wildman–Crippen LogP) is 2.70. The van der Waals surface area contributed by atoms with E-state index in [1.807, 2.05) is 0 Å².